The normalized spacial score (nSPS) is 11.6. The predicted molar refractivity (Wildman–Crippen MR) is 229 cm³/mol. The lowest BCUT2D eigenvalue weighted by Gasteiger charge is -2.17. The van der Waals surface area contributed by atoms with Crippen LogP contribution < -0.4 is 0 Å². The summed E-state index contributed by atoms with van der Waals surface area (Å²) in [6.07, 6.45) is 0. The molecule has 8 aromatic carbocycles. The molecule has 3 heterocycles. The van der Waals surface area contributed by atoms with Gasteiger partial charge in [0.1, 0.15) is 11.2 Å². The van der Waals surface area contributed by atoms with E-state index in [0.717, 1.165) is 72.0 Å². The fraction of sp³-hybridized carbons (Fsp3) is 0. The van der Waals surface area contributed by atoms with Gasteiger partial charge < -0.3 is 8.98 Å². The van der Waals surface area contributed by atoms with Crippen LogP contribution in [0.4, 0.5) is 0 Å². The lowest BCUT2D eigenvalue weighted by molar-refractivity contribution is 0.669. The van der Waals surface area contributed by atoms with Gasteiger partial charge in [-0.05, 0) is 70.8 Å². The molecule has 0 aliphatic carbocycles. The van der Waals surface area contributed by atoms with E-state index in [1.807, 2.05) is 60.7 Å². The average Bonchev–Trinajstić information content (AvgIpc) is 3.82. The Labute approximate surface area is 322 Å². The van der Waals surface area contributed by atoms with Crippen molar-refractivity contribution in [3.8, 4) is 62.1 Å². The van der Waals surface area contributed by atoms with E-state index in [4.69, 9.17) is 19.4 Å². The number of benzene rings is 8. The van der Waals surface area contributed by atoms with Crippen LogP contribution in [-0.4, -0.2) is 19.5 Å². The van der Waals surface area contributed by atoms with Crippen LogP contribution in [0.3, 0.4) is 0 Å². The number of nitrogens with zero attached hydrogens (tertiary/aromatic N) is 4. The fourth-order valence-electron chi connectivity index (χ4n) is 7.96. The van der Waals surface area contributed by atoms with Crippen LogP contribution in [0.1, 0.15) is 0 Å². The molecule has 0 unspecified atom stereocenters. The second-order valence-electron chi connectivity index (χ2n) is 14.0. The Morgan fingerprint density at radius 2 is 0.857 bits per heavy atom. The highest BCUT2D eigenvalue weighted by Gasteiger charge is 2.21. The molecule has 3 aromatic heterocycles. The van der Waals surface area contributed by atoms with E-state index in [-0.39, 0.29) is 0 Å². The molecule has 11 rings (SSSR count). The second-order valence-corrected chi connectivity index (χ2v) is 14.0. The molecule has 56 heavy (non-hydrogen) atoms. The van der Waals surface area contributed by atoms with E-state index >= 15 is 0 Å². The summed E-state index contributed by atoms with van der Waals surface area (Å²) in [6.45, 7) is 0. The third-order valence-corrected chi connectivity index (χ3v) is 10.7. The number of hydrogen-bond donors (Lipinski definition) is 0. The summed E-state index contributed by atoms with van der Waals surface area (Å²) >= 11 is 0. The van der Waals surface area contributed by atoms with Gasteiger partial charge in [0.05, 0.1) is 16.7 Å². The highest BCUT2D eigenvalue weighted by Crippen LogP contribution is 2.40. The summed E-state index contributed by atoms with van der Waals surface area (Å²) in [6, 6.07) is 67.6. The molecule has 5 heteroatoms. The minimum Gasteiger partial charge on any atom is -0.456 e. The molecule has 0 aliphatic rings. The van der Waals surface area contributed by atoms with Crippen molar-refractivity contribution < 1.29 is 4.42 Å². The lowest BCUT2D eigenvalue weighted by atomic mass is 10.0. The Hall–Kier alpha value is -7.63. The van der Waals surface area contributed by atoms with Gasteiger partial charge >= 0.3 is 0 Å². The molecule has 11 aromatic rings. The second kappa shape index (κ2) is 13.0. The number of fused-ring (bicyclic) bond motifs is 6. The number of aromatic nitrogens is 4. The minimum absolute atomic E-state index is 0.589. The number of para-hydroxylation sites is 2. The predicted octanol–water partition coefficient (Wildman–Crippen LogP) is 13.2. The third-order valence-electron chi connectivity index (χ3n) is 10.7. The van der Waals surface area contributed by atoms with Gasteiger partial charge in [-0.25, -0.2) is 15.0 Å². The minimum atomic E-state index is 0.589. The van der Waals surface area contributed by atoms with Gasteiger partial charge in [-0.3, -0.25) is 0 Å². The van der Waals surface area contributed by atoms with Crippen LogP contribution in [0.5, 0.6) is 0 Å². The van der Waals surface area contributed by atoms with E-state index in [1.54, 1.807) is 0 Å². The van der Waals surface area contributed by atoms with Crippen molar-refractivity contribution in [3.63, 3.8) is 0 Å². The molecular formula is C51H32N4O. The van der Waals surface area contributed by atoms with Crippen molar-refractivity contribution in [2.24, 2.45) is 0 Å². The maximum absolute atomic E-state index is 6.19. The number of furan rings is 1. The smallest absolute Gasteiger partial charge is 0.166 e. The zero-order valence-corrected chi connectivity index (χ0v) is 30.2. The monoisotopic (exact) mass is 716 g/mol. The van der Waals surface area contributed by atoms with Crippen LogP contribution in [-0.2, 0) is 0 Å². The maximum atomic E-state index is 6.19. The zero-order valence-electron chi connectivity index (χ0n) is 30.2. The molecule has 0 fully saturated rings. The highest BCUT2D eigenvalue weighted by molar-refractivity contribution is 6.11. The summed E-state index contributed by atoms with van der Waals surface area (Å²) in [5.74, 6) is 1.79. The molecule has 0 N–H and O–H groups in total. The van der Waals surface area contributed by atoms with Gasteiger partial charge in [0, 0.05) is 38.2 Å². The molecule has 0 aliphatic heterocycles. The van der Waals surface area contributed by atoms with Gasteiger partial charge in [0.2, 0.25) is 0 Å². The Balaban J connectivity index is 1.20. The molecule has 0 atom stereocenters. The Bertz CT molecular complexity index is 3240. The van der Waals surface area contributed by atoms with Crippen molar-refractivity contribution in [3.05, 3.63) is 194 Å². The van der Waals surface area contributed by atoms with E-state index in [1.165, 1.54) is 16.3 Å². The summed E-state index contributed by atoms with van der Waals surface area (Å²) in [4.78, 5) is 15.7. The molecule has 0 radical (unpaired) electrons. The average molecular weight is 717 g/mol. The first kappa shape index (κ1) is 31.9. The highest BCUT2D eigenvalue weighted by atomic mass is 16.3. The first-order chi connectivity index (χ1) is 27.7. The SMILES string of the molecule is c1ccc(-c2ccc(-c3nc(-c4ccccc4)nc(-c4ccc5oc6ccccc6c5c4)n3)c(-n3c4ccccc4c4ccc(-c5ccccc5)cc43)c2)cc1. The van der Waals surface area contributed by atoms with Crippen molar-refractivity contribution in [2.45, 2.75) is 0 Å². The van der Waals surface area contributed by atoms with Crippen molar-refractivity contribution in [1.29, 1.82) is 0 Å². The summed E-state index contributed by atoms with van der Waals surface area (Å²) in [5.41, 5.74) is 12.1. The van der Waals surface area contributed by atoms with Gasteiger partial charge in [-0.2, -0.15) is 0 Å². The van der Waals surface area contributed by atoms with Gasteiger partial charge in [-0.15, -0.1) is 0 Å². The largest absolute Gasteiger partial charge is 0.456 e. The molecule has 262 valence electrons. The zero-order chi connectivity index (χ0) is 37.0. The Morgan fingerprint density at radius 1 is 0.321 bits per heavy atom. The van der Waals surface area contributed by atoms with Crippen molar-refractivity contribution in [2.75, 3.05) is 0 Å². The standard InChI is InChI=1S/C51H32N4O/c1-4-14-33(15-5-1)36-24-27-40-39-20-10-12-22-44(39)55(45(40)31-36)46-32-37(34-16-6-2-7-17-34)25-28-42(46)51-53-49(35-18-8-3-9-19-35)52-50(54-51)38-26-29-48-43(30-38)41-21-11-13-23-47(41)56-48/h1-32H. The quantitative estimate of drug-likeness (QED) is 0.172. The van der Waals surface area contributed by atoms with Crippen molar-refractivity contribution >= 4 is 43.7 Å². The van der Waals surface area contributed by atoms with Crippen LogP contribution in [0.15, 0.2) is 199 Å². The van der Waals surface area contributed by atoms with Crippen LogP contribution >= 0.6 is 0 Å². The summed E-state index contributed by atoms with van der Waals surface area (Å²) in [7, 11) is 0. The van der Waals surface area contributed by atoms with E-state index < -0.39 is 0 Å². The molecule has 0 saturated carbocycles. The maximum Gasteiger partial charge on any atom is 0.166 e. The molecule has 0 amide bonds. The van der Waals surface area contributed by atoms with Crippen LogP contribution in [0, 0.1) is 0 Å². The molecule has 0 spiro atoms. The van der Waals surface area contributed by atoms with Crippen LogP contribution in [0.2, 0.25) is 0 Å². The number of hydrogen-bond acceptors (Lipinski definition) is 4. The third kappa shape index (κ3) is 5.37. The van der Waals surface area contributed by atoms with Crippen LogP contribution in [0.25, 0.3) is 106 Å². The van der Waals surface area contributed by atoms with Gasteiger partial charge in [0.25, 0.3) is 0 Å². The van der Waals surface area contributed by atoms with Gasteiger partial charge in [0.15, 0.2) is 17.5 Å². The summed E-state index contributed by atoms with van der Waals surface area (Å²) < 4.78 is 8.57. The first-order valence-corrected chi connectivity index (χ1v) is 18.8. The molecular weight excluding hydrogens is 685 g/mol. The van der Waals surface area contributed by atoms with Gasteiger partial charge in [-0.1, -0.05) is 146 Å². The fourth-order valence-corrected chi connectivity index (χ4v) is 7.96. The first-order valence-electron chi connectivity index (χ1n) is 18.8. The van der Waals surface area contributed by atoms with Crippen molar-refractivity contribution in [1.82, 2.24) is 19.5 Å². The molecule has 0 bridgehead atoms. The van der Waals surface area contributed by atoms with E-state index in [2.05, 4.69) is 138 Å². The Morgan fingerprint density at radius 3 is 1.61 bits per heavy atom. The lowest BCUT2D eigenvalue weighted by Crippen LogP contribution is -2.04. The molecule has 0 saturated heterocycles. The van der Waals surface area contributed by atoms with E-state index in [0.29, 0.717) is 17.5 Å². The Kier molecular flexibility index (Phi) is 7.42. The molecule has 5 nitrogen and oxygen atoms in total. The topological polar surface area (TPSA) is 56.7 Å². The van der Waals surface area contributed by atoms with E-state index in [9.17, 15) is 0 Å². The number of rotatable bonds is 6. The summed E-state index contributed by atoms with van der Waals surface area (Å²) in [5, 5.41) is 4.44.